The molecule has 0 bridgehead atoms. The van der Waals surface area contributed by atoms with Crippen LogP contribution in [0.1, 0.15) is 130 Å². The number of thiazole rings is 1. The molecule has 7 aromatic rings. The molecule has 4 amide bonds. The van der Waals surface area contributed by atoms with Crippen LogP contribution in [0.15, 0.2) is 94.1 Å². The smallest absolute Gasteiger partial charge is 0.419 e. The van der Waals surface area contributed by atoms with Gasteiger partial charge in [-0.1, -0.05) is 24.2 Å². The highest BCUT2D eigenvalue weighted by Gasteiger charge is 2.37. The number of amides is 4. The summed E-state index contributed by atoms with van der Waals surface area (Å²) in [6.07, 6.45) is 3.29. The third-order valence-electron chi connectivity index (χ3n) is 15.7. The van der Waals surface area contributed by atoms with Gasteiger partial charge in [0, 0.05) is 98.9 Å². The quantitative estimate of drug-likeness (QED) is 0.0116. The van der Waals surface area contributed by atoms with Gasteiger partial charge in [-0.25, -0.2) is 38.1 Å². The molecule has 0 N–H and O–H groups in total. The second kappa shape index (κ2) is 31.2. The third kappa shape index (κ3) is 15.2. The van der Waals surface area contributed by atoms with E-state index in [0.717, 1.165) is 31.8 Å². The van der Waals surface area contributed by atoms with Crippen LogP contribution in [-0.4, -0.2) is 164 Å². The zero-order valence-electron chi connectivity index (χ0n) is 53.8. The summed E-state index contributed by atoms with van der Waals surface area (Å²) in [4.78, 5) is 112. The second-order valence-corrected chi connectivity index (χ2v) is 25.0. The van der Waals surface area contributed by atoms with Gasteiger partial charge in [-0.15, -0.1) is 10.2 Å². The summed E-state index contributed by atoms with van der Waals surface area (Å²) in [6.45, 7) is 17.2. The SMILES string of the molecule is CCOC(=O)N(CCCCCCOP(OCC=NC)N(C(C)C)C(C)C)C(=O)c1cc2c3c(ccc2n1C(=O)OCC)N(C(=O)c1cc2c4c(ccc2n1C(=O)OCC)N(C(=O)c1ccc2nc(N=Nc5ccc(N(C)CCCOC(C)=O)cc5)sc2c1)CC4)CC3. The van der Waals surface area contributed by atoms with Crippen LogP contribution in [-0.2, 0) is 45.6 Å². The normalized spacial score (nSPS) is 13.4. The van der Waals surface area contributed by atoms with Gasteiger partial charge in [-0.3, -0.25) is 24.2 Å². The summed E-state index contributed by atoms with van der Waals surface area (Å²) in [5, 5.41) is 10.3. The van der Waals surface area contributed by atoms with Gasteiger partial charge in [0.15, 0.2) is 0 Å². The molecule has 26 heteroatoms. The minimum absolute atomic E-state index is 0.00609. The number of esters is 1. The van der Waals surface area contributed by atoms with Crippen molar-refractivity contribution in [3.05, 3.63) is 107 Å². The van der Waals surface area contributed by atoms with E-state index >= 15 is 4.79 Å². The van der Waals surface area contributed by atoms with E-state index in [0.29, 0.717) is 132 Å². The van der Waals surface area contributed by atoms with E-state index < -0.39 is 38.6 Å². The van der Waals surface area contributed by atoms with Crippen LogP contribution < -0.4 is 14.7 Å². The van der Waals surface area contributed by atoms with Gasteiger partial charge in [-0.05, 0) is 171 Å². The van der Waals surface area contributed by atoms with Gasteiger partial charge in [0.25, 0.3) is 26.2 Å². The lowest BCUT2D eigenvalue weighted by Gasteiger charge is -2.35. The number of hydrogen-bond donors (Lipinski definition) is 0. The summed E-state index contributed by atoms with van der Waals surface area (Å²) >= 11 is 1.31. The Labute approximate surface area is 540 Å². The van der Waals surface area contributed by atoms with E-state index in [1.165, 1.54) is 22.8 Å². The highest BCUT2D eigenvalue weighted by Crippen LogP contribution is 2.46. The molecule has 24 nitrogen and oxygen atoms in total. The van der Waals surface area contributed by atoms with Crippen molar-refractivity contribution in [3.8, 4) is 0 Å². The molecule has 0 radical (unpaired) electrons. The number of azo groups is 1. The van der Waals surface area contributed by atoms with Crippen LogP contribution in [0.4, 0.5) is 42.3 Å². The van der Waals surface area contributed by atoms with Crippen LogP contribution in [0, 0.1) is 0 Å². The molecule has 2 aliphatic heterocycles. The predicted molar refractivity (Wildman–Crippen MR) is 356 cm³/mol. The van der Waals surface area contributed by atoms with E-state index in [1.807, 2.05) is 31.3 Å². The summed E-state index contributed by atoms with van der Waals surface area (Å²) in [5.41, 5.74) is 6.01. The third-order valence-corrected chi connectivity index (χ3v) is 18.7. The van der Waals surface area contributed by atoms with Gasteiger partial charge in [-0.2, -0.15) is 0 Å². The number of unbranched alkanes of at least 4 members (excludes halogenated alkanes) is 3. The summed E-state index contributed by atoms with van der Waals surface area (Å²) in [7, 11) is 2.33. The number of rotatable bonds is 27. The van der Waals surface area contributed by atoms with Gasteiger partial charge in [0.2, 0.25) is 5.13 Å². The lowest BCUT2D eigenvalue weighted by Crippen LogP contribution is -2.39. The molecule has 4 aromatic carbocycles. The molecule has 488 valence electrons. The number of fused-ring (bicyclic) bond motifs is 7. The van der Waals surface area contributed by atoms with Crippen molar-refractivity contribution >= 4 is 128 Å². The Morgan fingerprint density at radius 2 is 1.27 bits per heavy atom. The van der Waals surface area contributed by atoms with Crippen LogP contribution in [0.2, 0.25) is 0 Å². The molecule has 0 aliphatic carbocycles. The number of aromatic nitrogens is 3. The average Bonchev–Trinajstić information content (AvgIpc) is 1.59. The van der Waals surface area contributed by atoms with Gasteiger partial charge < -0.3 is 42.7 Å². The molecule has 0 saturated carbocycles. The van der Waals surface area contributed by atoms with E-state index in [9.17, 15) is 28.8 Å². The Morgan fingerprint density at radius 1 is 0.663 bits per heavy atom. The highest BCUT2D eigenvalue weighted by atomic mass is 32.1. The summed E-state index contributed by atoms with van der Waals surface area (Å²) in [6, 6.07) is 23.4. The molecule has 1 atom stereocenters. The summed E-state index contributed by atoms with van der Waals surface area (Å²) < 4.78 is 39.3. The molecule has 0 fully saturated rings. The summed E-state index contributed by atoms with van der Waals surface area (Å²) in [5.74, 6) is -1.79. The van der Waals surface area contributed by atoms with Gasteiger partial charge in [0.1, 0.15) is 11.4 Å². The number of carbonyl (C=O) groups excluding carboxylic acids is 7. The van der Waals surface area contributed by atoms with Crippen molar-refractivity contribution in [2.75, 3.05) is 94.6 Å². The highest BCUT2D eigenvalue weighted by molar-refractivity contribution is 7.44. The van der Waals surface area contributed by atoms with Crippen LogP contribution in [0.5, 0.6) is 0 Å². The number of hydrogen-bond acceptors (Lipinski definition) is 20. The maximum Gasteiger partial charge on any atom is 0.419 e. The van der Waals surface area contributed by atoms with Crippen molar-refractivity contribution < 1.29 is 61.6 Å². The minimum atomic E-state index is -1.33. The zero-order valence-corrected chi connectivity index (χ0v) is 55.6. The van der Waals surface area contributed by atoms with Crippen molar-refractivity contribution in [2.45, 2.75) is 112 Å². The molecule has 9 rings (SSSR count). The van der Waals surface area contributed by atoms with E-state index in [-0.39, 0.29) is 68.3 Å². The molecule has 5 heterocycles. The molecule has 2 aliphatic rings. The Bertz CT molecular complexity index is 3910. The van der Waals surface area contributed by atoms with Crippen LogP contribution in [0.3, 0.4) is 0 Å². The Morgan fingerprint density at radius 3 is 1.88 bits per heavy atom. The van der Waals surface area contributed by atoms with Gasteiger partial charge >= 0.3 is 24.2 Å². The average molecular weight is 1300 g/mol. The maximum absolute atomic E-state index is 15.1. The fourth-order valence-electron chi connectivity index (χ4n) is 11.6. The number of imide groups is 1. The van der Waals surface area contributed by atoms with Crippen LogP contribution in [0.25, 0.3) is 32.0 Å². The Hall–Kier alpha value is -8.48. The fourth-order valence-corrected chi connectivity index (χ4v) is 14.0. The Balaban J connectivity index is 0.919. The second-order valence-electron chi connectivity index (χ2n) is 22.5. The first-order chi connectivity index (χ1) is 44.4. The molecule has 0 saturated heterocycles. The number of nitrogens with zero attached hydrogens (tertiary/aromatic N) is 11. The van der Waals surface area contributed by atoms with Crippen molar-refractivity contribution in [1.29, 1.82) is 0 Å². The van der Waals surface area contributed by atoms with E-state index in [4.69, 9.17) is 28.0 Å². The standard InChI is InChI=1S/C66H80N11O13PS/c1-11-85-64(82)74(33-16-14-15-17-37-89-91(90-38-31-67-9)77(42(4)5)43(6)7)62(81)58-41-51-49-30-35-73(54(49)26-28-56(51)76(58)66(84)87-13-3)61(80)57-40-50-48-29-34-72(53(48)25-27-55(50)75(57)65(83)86-12-2)60(79)45-19-24-52-59(39-45)92-63(68-52)70-69-46-20-22-47(23-21-46)71(10)32-18-36-88-44(8)78/h19-28,31,39-43H,11-18,29-30,32-38H2,1-10H3. The number of anilines is 3. The number of ether oxygens (including phenoxy) is 4. The lowest BCUT2D eigenvalue weighted by molar-refractivity contribution is -0.141. The van der Waals surface area contributed by atoms with Crippen molar-refractivity contribution in [1.82, 2.24) is 23.7 Å². The first-order valence-electron chi connectivity index (χ1n) is 31.2. The van der Waals surface area contributed by atoms with Crippen LogP contribution >= 0.6 is 19.9 Å². The zero-order chi connectivity index (χ0) is 65.8. The predicted octanol–water partition coefficient (Wildman–Crippen LogP) is 13.7. The van der Waals surface area contributed by atoms with E-state index in [2.05, 4.69) is 57.5 Å². The fraction of sp³-hybridized carbons (Fsp3) is 0.439. The topological polar surface area (TPSA) is 251 Å². The molecule has 92 heavy (non-hydrogen) atoms. The first kappa shape index (κ1) is 67.9. The van der Waals surface area contributed by atoms with E-state index in [1.54, 1.807) is 98.4 Å². The Kier molecular flexibility index (Phi) is 23.0. The molecular formula is C66H80N11O13PS. The van der Waals surface area contributed by atoms with Gasteiger partial charge in [0.05, 0.1) is 66.6 Å². The maximum atomic E-state index is 15.1. The molecule has 3 aromatic heterocycles. The molecule has 1 unspecified atom stereocenters. The monoisotopic (exact) mass is 1300 g/mol. The molecular weight excluding hydrogens is 1220 g/mol. The minimum Gasteiger partial charge on any atom is -0.466 e. The number of benzene rings is 4. The lowest BCUT2D eigenvalue weighted by atomic mass is 10.1. The van der Waals surface area contributed by atoms with Crippen molar-refractivity contribution in [3.63, 3.8) is 0 Å². The molecule has 0 spiro atoms. The van der Waals surface area contributed by atoms with Crippen molar-refractivity contribution in [2.24, 2.45) is 15.2 Å². The number of carbonyl (C=O) groups is 7. The first-order valence-corrected chi connectivity index (χ1v) is 33.2. The number of aliphatic imine (C=N–C) groups is 1. The largest absolute Gasteiger partial charge is 0.466 e.